The summed E-state index contributed by atoms with van der Waals surface area (Å²) in [6.07, 6.45) is 1.27. The summed E-state index contributed by atoms with van der Waals surface area (Å²) in [5.41, 5.74) is 0. The van der Waals surface area contributed by atoms with E-state index in [0.29, 0.717) is 25.5 Å². The predicted molar refractivity (Wildman–Crippen MR) is 127 cm³/mol. The number of nitrogens with one attached hydrogen (secondary N) is 3. The first-order chi connectivity index (χ1) is 13.1. The van der Waals surface area contributed by atoms with Crippen molar-refractivity contribution < 1.29 is 9.53 Å². The van der Waals surface area contributed by atoms with Gasteiger partial charge in [-0.05, 0) is 43.2 Å². The van der Waals surface area contributed by atoms with Crippen molar-refractivity contribution in [1.82, 2.24) is 16.0 Å². The van der Waals surface area contributed by atoms with Crippen LogP contribution in [0.25, 0.3) is 10.8 Å². The van der Waals surface area contributed by atoms with Crippen LogP contribution in [0.1, 0.15) is 26.7 Å². The molecule has 2 aromatic carbocycles. The fraction of sp³-hybridized carbons (Fsp3) is 0.429. The Morgan fingerprint density at radius 3 is 2.50 bits per heavy atom. The fourth-order valence-corrected chi connectivity index (χ4v) is 2.64. The zero-order valence-electron chi connectivity index (χ0n) is 16.8. The van der Waals surface area contributed by atoms with Gasteiger partial charge in [-0.3, -0.25) is 9.79 Å². The van der Waals surface area contributed by atoms with Gasteiger partial charge < -0.3 is 20.7 Å². The standard InChI is InChI=1S/C21H30N4O2.HI/c1-16(2)25-20(26)11-13-24-21(22-3)23-12-6-14-27-19-10-9-17-7-4-5-8-18(17)15-19;/h4-5,7-10,15-16H,6,11-14H2,1-3H3,(H,25,26)(H2,22,23,24);1H. The lowest BCUT2D eigenvalue weighted by Gasteiger charge is -2.13. The van der Waals surface area contributed by atoms with Gasteiger partial charge in [0, 0.05) is 32.6 Å². The normalized spacial score (nSPS) is 11.1. The van der Waals surface area contributed by atoms with E-state index < -0.39 is 0 Å². The average Bonchev–Trinajstić information content (AvgIpc) is 2.65. The molecular weight excluding hydrogens is 467 g/mol. The van der Waals surface area contributed by atoms with E-state index in [1.807, 2.05) is 32.0 Å². The number of amides is 1. The molecule has 0 fully saturated rings. The molecule has 0 unspecified atom stereocenters. The van der Waals surface area contributed by atoms with Gasteiger partial charge in [0.15, 0.2) is 5.96 Å². The van der Waals surface area contributed by atoms with Crippen LogP contribution in [0.15, 0.2) is 47.5 Å². The molecule has 6 nitrogen and oxygen atoms in total. The van der Waals surface area contributed by atoms with Crippen molar-refractivity contribution in [2.45, 2.75) is 32.7 Å². The summed E-state index contributed by atoms with van der Waals surface area (Å²) in [5.74, 6) is 1.61. The summed E-state index contributed by atoms with van der Waals surface area (Å²) in [4.78, 5) is 15.8. The number of hydrogen-bond acceptors (Lipinski definition) is 3. The number of carbonyl (C=O) groups is 1. The highest BCUT2D eigenvalue weighted by atomic mass is 127. The highest BCUT2D eigenvalue weighted by molar-refractivity contribution is 14.0. The Kier molecular flexibility index (Phi) is 11.3. The molecule has 0 saturated carbocycles. The maximum atomic E-state index is 11.6. The number of aliphatic imine (C=N–C) groups is 1. The van der Waals surface area contributed by atoms with Crippen LogP contribution in [0.3, 0.4) is 0 Å². The minimum absolute atomic E-state index is 0. The third-order valence-electron chi connectivity index (χ3n) is 3.92. The van der Waals surface area contributed by atoms with Gasteiger partial charge in [0.25, 0.3) is 0 Å². The molecule has 2 rings (SSSR count). The van der Waals surface area contributed by atoms with Crippen LogP contribution in [0.4, 0.5) is 0 Å². The van der Waals surface area contributed by atoms with E-state index in [4.69, 9.17) is 4.74 Å². The average molecular weight is 498 g/mol. The smallest absolute Gasteiger partial charge is 0.221 e. The van der Waals surface area contributed by atoms with Crippen molar-refractivity contribution in [3.8, 4) is 5.75 Å². The van der Waals surface area contributed by atoms with E-state index in [1.54, 1.807) is 7.05 Å². The van der Waals surface area contributed by atoms with Crippen LogP contribution in [0, 0.1) is 0 Å². The second-order valence-corrected chi connectivity index (χ2v) is 6.61. The van der Waals surface area contributed by atoms with Crippen LogP contribution < -0.4 is 20.7 Å². The predicted octanol–water partition coefficient (Wildman–Crippen LogP) is 3.31. The summed E-state index contributed by atoms with van der Waals surface area (Å²) >= 11 is 0. The van der Waals surface area contributed by atoms with E-state index in [9.17, 15) is 4.79 Å². The number of guanidine groups is 1. The summed E-state index contributed by atoms with van der Waals surface area (Å²) in [6, 6.07) is 14.5. The Bertz CT molecular complexity index is 765. The second kappa shape index (κ2) is 13.2. The molecule has 0 saturated heterocycles. The fourth-order valence-electron chi connectivity index (χ4n) is 2.64. The van der Waals surface area contributed by atoms with Gasteiger partial charge in [-0.1, -0.05) is 30.3 Å². The van der Waals surface area contributed by atoms with Crippen LogP contribution in [-0.2, 0) is 4.79 Å². The Morgan fingerprint density at radius 2 is 1.79 bits per heavy atom. The number of rotatable bonds is 9. The molecule has 3 N–H and O–H groups in total. The lowest BCUT2D eigenvalue weighted by atomic mass is 10.1. The lowest BCUT2D eigenvalue weighted by molar-refractivity contribution is -0.121. The third-order valence-corrected chi connectivity index (χ3v) is 3.92. The van der Waals surface area contributed by atoms with Gasteiger partial charge >= 0.3 is 0 Å². The minimum atomic E-state index is 0. The second-order valence-electron chi connectivity index (χ2n) is 6.61. The van der Waals surface area contributed by atoms with Gasteiger partial charge in [0.2, 0.25) is 5.91 Å². The van der Waals surface area contributed by atoms with Gasteiger partial charge in [0.05, 0.1) is 6.61 Å². The summed E-state index contributed by atoms with van der Waals surface area (Å²) < 4.78 is 5.83. The molecule has 2 aromatic rings. The maximum Gasteiger partial charge on any atom is 0.221 e. The Labute approximate surface area is 184 Å². The van der Waals surface area contributed by atoms with E-state index >= 15 is 0 Å². The highest BCUT2D eigenvalue weighted by Crippen LogP contribution is 2.20. The monoisotopic (exact) mass is 498 g/mol. The Hall–Kier alpha value is -2.03. The Balaban J connectivity index is 0.00000392. The SMILES string of the molecule is CN=C(NCCCOc1ccc2ccccc2c1)NCCC(=O)NC(C)C.I. The molecule has 0 bridgehead atoms. The van der Waals surface area contributed by atoms with E-state index in [2.05, 4.69) is 45.2 Å². The minimum Gasteiger partial charge on any atom is -0.494 e. The van der Waals surface area contributed by atoms with E-state index in [0.717, 1.165) is 18.7 Å². The van der Waals surface area contributed by atoms with E-state index in [1.165, 1.54) is 10.8 Å². The van der Waals surface area contributed by atoms with Crippen LogP contribution >= 0.6 is 24.0 Å². The number of halogens is 1. The van der Waals surface area contributed by atoms with Crippen molar-refractivity contribution in [3.05, 3.63) is 42.5 Å². The van der Waals surface area contributed by atoms with Crippen molar-refractivity contribution in [2.75, 3.05) is 26.7 Å². The Morgan fingerprint density at radius 1 is 1.07 bits per heavy atom. The molecule has 0 heterocycles. The van der Waals surface area contributed by atoms with Crippen LogP contribution in [0.2, 0.25) is 0 Å². The van der Waals surface area contributed by atoms with Gasteiger partial charge in [0.1, 0.15) is 5.75 Å². The van der Waals surface area contributed by atoms with Crippen molar-refractivity contribution >= 4 is 46.6 Å². The number of carbonyl (C=O) groups excluding carboxylic acids is 1. The molecule has 7 heteroatoms. The molecule has 0 aliphatic carbocycles. The van der Waals surface area contributed by atoms with Gasteiger partial charge in [-0.25, -0.2) is 0 Å². The summed E-state index contributed by atoms with van der Waals surface area (Å²) in [7, 11) is 1.72. The summed E-state index contributed by atoms with van der Waals surface area (Å²) in [6.45, 7) is 5.81. The number of ether oxygens (including phenoxy) is 1. The first-order valence-electron chi connectivity index (χ1n) is 9.44. The number of hydrogen-bond donors (Lipinski definition) is 3. The van der Waals surface area contributed by atoms with Gasteiger partial charge in [-0.2, -0.15) is 0 Å². The number of nitrogens with zero attached hydrogens (tertiary/aromatic N) is 1. The molecular formula is C21H31IN4O2. The zero-order chi connectivity index (χ0) is 19.5. The zero-order valence-corrected chi connectivity index (χ0v) is 19.2. The molecule has 1 amide bonds. The molecule has 0 aromatic heterocycles. The first kappa shape index (κ1) is 24.0. The van der Waals surface area contributed by atoms with E-state index in [-0.39, 0.29) is 35.9 Å². The van der Waals surface area contributed by atoms with Crippen molar-refractivity contribution in [2.24, 2.45) is 4.99 Å². The largest absolute Gasteiger partial charge is 0.494 e. The van der Waals surface area contributed by atoms with Crippen molar-refractivity contribution in [1.29, 1.82) is 0 Å². The molecule has 0 aliphatic heterocycles. The molecule has 0 aliphatic rings. The lowest BCUT2D eigenvalue weighted by Crippen LogP contribution is -2.40. The molecule has 154 valence electrons. The maximum absolute atomic E-state index is 11.6. The topological polar surface area (TPSA) is 74.8 Å². The summed E-state index contributed by atoms with van der Waals surface area (Å²) in [5, 5.41) is 11.6. The molecule has 0 spiro atoms. The first-order valence-corrected chi connectivity index (χ1v) is 9.44. The van der Waals surface area contributed by atoms with Gasteiger partial charge in [-0.15, -0.1) is 24.0 Å². The third kappa shape index (κ3) is 8.77. The number of fused-ring (bicyclic) bond motifs is 1. The van der Waals surface area contributed by atoms with Crippen LogP contribution in [-0.4, -0.2) is 44.7 Å². The number of benzene rings is 2. The van der Waals surface area contributed by atoms with Crippen LogP contribution in [0.5, 0.6) is 5.75 Å². The highest BCUT2D eigenvalue weighted by Gasteiger charge is 2.04. The van der Waals surface area contributed by atoms with Crippen molar-refractivity contribution in [3.63, 3.8) is 0 Å². The molecule has 0 atom stereocenters. The quantitative estimate of drug-likeness (QED) is 0.215. The molecule has 28 heavy (non-hydrogen) atoms. The molecule has 0 radical (unpaired) electrons.